The molecule has 0 fully saturated rings. The summed E-state index contributed by atoms with van der Waals surface area (Å²) in [6.07, 6.45) is 0. The third-order valence-electron chi connectivity index (χ3n) is 2.54. The summed E-state index contributed by atoms with van der Waals surface area (Å²) >= 11 is 0. The number of carbonyl (C=O) groups excluding carboxylic acids is 1. The van der Waals surface area contributed by atoms with Gasteiger partial charge in [0, 0.05) is 11.3 Å². The van der Waals surface area contributed by atoms with E-state index in [1.165, 1.54) is 0 Å². The smallest absolute Gasteiger partial charge is 0.254 e. The zero-order valence-electron chi connectivity index (χ0n) is 9.05. The van der Waals surface area contributed by atoms with Gasteiger partial charge in [0.2, 0.25) is 0 Å². The van der Waals surface area contributed by atoms with E-state index < -0.39 is 5.91 Å². The molecule has 0 radical (unpaired) electrons. The lowest BCUT2D eigenvalue weighted by molar-refractivity contribution is 0.0999. The molecule has 1 amide bonds. The largest absolute Gasteiger partial charge is 0.506 e. The Bertz CT molecular complexity index is 565. The molecule has 0 spiro atoms. The van der Waals surface area contributed by atoms with Gasteiger partial charge in [-0.15, -0.1) is 0 Å². The van der Waals surface area contributed by atoms with E-state index in [1.807, 2.05) is 30.3 Å². The minimum Gasteiger partial charge on any atom is -0.506 e. The molecule has 0 atom stereocenters. The fraction of sp³-hybridized carbons (Fsp3) is 0. The molecule has 2 aromatic carbocycles. The predicted molar refractivity (Wildman–Crippen MR) is 66.5 cm³/mol. The molecule has 0 aromatic heterocycles. The van der Waals surface area contributed by atoms with Crippen LogP contribution in [-0.4, -0.2) is 11.0 Å². The van der Waals surface area contributed by atoms with Crippen LogP contribution < -0.4 is 11.5 Å². The van der Waals surface area contributed by atoms with Crippen LogP contribution in [0.2, 0.25) is 0 Å². The Morgan fingerprint density at radius 3 is 2.29 bits per heavy atom. The first-order valence-electron chi connectivity index (χ1n) is 5.08. The van der Waals surface area contributed by atoms with Gasteiger partial charge in [0.05, 0.1) is 0 Å². The lowest BCUT2D eigenvalue weighted by atomic mass is 10.00. The van der Waals surface area contributed by atoms with Gasteiger partial charge in [-0.25, -0.2) is 0 Å². The topological polar surface area (TPSA) is 89.3 Å². The Balaban J connectivity index is 2.66. The van der Waals surface area contributed by atoms with Gasteiger partial charge < -0.3 is 16.6 Å². The van der Waals surface area contributed by atoms with Gasteiger partial charge >= 0.3 is 0 Å². The number of nitrogens with two attached hydrogens (primary N) is 2. The molecule has 5 N–H and O–H groups in total. The Kier molecular flexibility index (Phi) is 2.70. The van der Waals surface area contributed by atoms with Crippen molar-refractivity contribution >= 4 is 11.6 Å². The maximum atomic E-state index is 11.2. The van der Waals surface area contributed by atoms with Crippen LogP contribution in [-0.2, 0) is 0 Å². The quantitative estimate of drug-likeness (QED) is 0.684. The Morgan fingerprint density at radius 1 is 1.06 bits per heavy atom. The summed E-state index contributed by atoms with van der Waals surface area (Å²) < 4.78 is 0. The number of hydrogen-bond donors (Lipinski definition) is 3. The molecule has 86 valence electrons. The first kappa shape index (κ1) is 11.0. The number of rotatable bonds is 2. The third kappa shape index (κ3) is 1.92. The summed E-state index contributed by atoms with van der Waals surface area (Å²) in [4.78, 5) is 11.2. The predicted octanol–water partition coefficient (Wildman–Crippen LogP) is 1.74. The normalized spacial score (nSPS) is 10.1. The molecular formula is C13H12N2O2. The number of amides is 1. The highest BCUT2D eigenvalue weighted by molar-refractivity contribution is 6.03. The van der Waals surface area contributed by atoms with E-state index >= 15 is 0 Å². The molecule has 0 saturated heterocycles. The number of anilines is 1. The van der Waals surface area contributed by atoms with Crippen LogP contribution in [0.3, 0.4) is 0 Å². The second-order valence-corrected chi connectivity index (χ2v) is 3.66. The van der Waals surface area contributed by atoms with Crippen LogP contribution in [0.1, 0.15) is 10.4 Å². The highest BCUT2D eigenvalue weighted by Gasteiger charge is 2.16. The highest BCUT2D eigenvalue weighted by Crippen LogP contribution is 2.34. The molecule has 0 aliphatic heterocycles. The van der Waals surface area contributed by atoms with Crippen LogP contribution in [0.25, 0.3) is 11.1 Å². The first-order chi connectivity index (χ1) is 8.11. The average Bonchev–Trinajstić information content (AvgIpc) is 2.30. The van der Waals surface area contributed by atoms with Crippen molar-refractivity contribution in [3.63, 3.8) is 0 Å². The van der Waals surface area contributed by atoms with Crippen molar-refractivity contribution in [3.8, 4) is 16.9 Å². The van der Waals surface area contributed by atoms with E-state index in [4.69, 9.17) is 11.5 Å². The number of benzene rings is 2. The number of hydrogen-bond acceptors (Lipinski definition) is 3. The Hall–Kier alpha value is -2.49. The van der Waals surface area contributed by atoms with Crippen LogP contribution in [0.15, 0.2) is 42.5 Å². The molecule has 0 aliphatic rings. The molecule has 0 unspecified atom stereocenters. The SMILES string of the molecule is NC(=O)c1c(N)ccc(-c2ccccc2)c1O. The summed E-state index contributed by atoms with van der Waals surface area (Å²) in [5.41, 5.74) is 12.3. The highest BCUT2D eigenvalue weighted by atomic mass is 16.3. The van der Waals surface area contributed by atoms with Gasteiger partial charge in [-0.2, -0.15) is 0 Å². The number of carbonyl (C=O) groups is 1. The molecule has 0 heterocycles. The summed E-state index contributed by atoms with van der Waals surface area (Å²) in [6, 6.07) is 12.4. The summed E-state index contributed by atoms with van der Waals surface area (Å²) in [7, 11) is 0. The van der Waals surface area contributed by atoms with E-state index in [9.17, 15) is 9.90 Å². The fourth-order valence-corrected chi connectivity index (χ4v) is 1.72. The monoisotopic (exact) mass is 228 g/mol. The molecule has 0 saturated carbocycles. The number of primary amides is 1. The Morgan fingerprint density at radius 2 is 1.71 bits per heavy atom. The van der Waals surface area contributed by atoms with Crippen molar-refractivity contribution in [1.29, 1.82) is 0 Å². The van der Waals surface area contributed by atoms with E-state index in [-0.39, 0.29) is 17.0 Å². The van der Waals surface area contributed by atoms with Crippen molar-refractivity contribution in [2.45, 2.75) is 0 Å². The molecule has 4 nitrogen and oxygen atoms in total. The molecular weight excluding hydrogens is 216 g/mol. The van der Waals surface area contributed by atoms with E-state index in [1.54, 1.807) is 12.1 Å². The lowest BCUT2D eigenvalue weighted by Crippen LogP contribution is -2.14. The maximum Gasteiger partial charge on any atom is 0.254 e. The van der Waals surface area contributed by atoms with E-state index in [0.29, 0.717) is 5.56 Å². The van der Waals surface area contributed by atoms with Crippen LogP contribution in [0, 0.1) is 0 Å². The van der Waals surface area contributed by atoms with Crippen molar-refractivity contribution in [2.24, 2.45) is 5.73 Å². The summed E-state index contributed by atoms with van der Waals surface area (Å²) in [5.74, 6) is -0.915. The zero-order chi connectivity index (χ0) is 12.4. The lowest BCUT2D eigenvalue weighted by Gasteiger charge is -2.10. The van der Waals surface area contributed by atoms with Gasteiger partial charge in [-0.05, 0) is 17.7 Å². The van der Waals surface area contributed by atoms with Crippen molar-refractivity contribution in [1.82, 2.24) is 0 Å². The van der Waals surface area contributed by atoms with Gasteiger partial charge in [0.25, 0.3) is 5.91 Å². The van der Waals surface area contributed by atoms with Crippen LogP contribution in [0.4, 0.5) is 5.69 Å². The van der Waals surface area contributed by atoms with Gasteiger partial charge in [0.1, 0.15) is 11.3 Å². The maximum absolute atomic E-state index is 11.2. The number of aromatic hydroxyl groups is 1. The minimum absolute atomic E-state index is 0.0358. The number of nitrogen functional groups attached to an aromatic ring is 1. The van der Waals surface area contributed by atoms with Gasteiger partial charge in [-0.1, -0.05) is 30.3 Å². The van der Waals surface area contributed by atoms with Gasteiger partial charge in [0.15, 0.2) is 0 Å². The second-order valence-electron chi connectivity index (χ2n) is 3.66. The second kappa shape index (κ2) is 4.17. The molecule has 4 heteroatoms. The fourth-order valence-electron chi connectivity index (χ4n) is 1.72. The Labute approximate surface area is 98.5 Å². The summed E-state index contributed by atoms with van der Waals surface area (Å²) in [5, 5.41) is 10.0. The molecule has 17 heavy (non-hydrogen) atoms. The third-order valence-corrected chi connectivity index (χ3v) is 2.54. The molecule has 0 aliphatic carbocycles. The first-order valence-corrected chi connectivity index (χ1v) is 5.08. The van der Waals surface area contributed by atoms with E-state index in [0.717, 1.165) is 5.56 Å². The average molecular weight is 228 g/mol. The summed E-state index contributed by atoms with van der Waals surface area (Å²) in [6.45, 7) is 0. The molecule has 0 bridgehead atoms. The van der Waals surface area contributed by atoms with Crippen LogP contribution in [0.5, 0.6) is 5.75 Å². The molecule has 2 aromatic rings. The minimum atomic E-state index is -0.738. The van der Waals surface area contributed by atoms with Crippen molar-refractivity contribution < 1.29 is 9.90 Å². The standard InChI is InChI=1S/C13H12N2O2/c14-10-7-6-9(8-4-2-1-3-5-8)12(16)11(10)13(15)17/h1-7,16H,14H2,(H2,15,17). The van der Waals surface area contributed by atoms with Crippen LogP contribution >= 0.6 is 0 Å². The van der Waals surface area contributed by atoms with Crippen molar-refractivity contribution in [2.75, 3.05) is 5.73 Å². The van der Waals surface area contributed by atoms with Crippen molar-refractivity contribution in [3.05, 3.63) is 48.0 Å². The van der Waals surface area contributed by atoms with E-state index in [2.05, 4.69) is 0 Å². The zero-order valence-corrected chi connectivity index (χ0v) is 9.05. The molecule has 2 rings (SSSR count). The number of phenols is 1. The van der Waals surface area contributed by atoms with Gasteiger partial charge in [-0.3, -0.25) is 4.79 Å².